The molecule has 1 unspecified atom stereocenters. The Morgan fingerprint density at radius 2 is 1.58 bits per heavy atom. The molecule has 0 fully saturated rings. The minimum Gasteiger partial charge on any atom is -0.303 e. The van der Waals surface area contributed by atoms with Crippen molar-refractivity contribution in [3.05, 3.63) is 0 Å². The van der Waals surface area contributed by atoms with Crippen molar-refractivity contribution in [2.45, 2.75) is 47.6 Å². The fourth-order valence-electron chi connectivity index (χ4n) is 2.37. The van der Waals surface area contributed by atoms with Crippen LogP contribution in [0.25, 0.3) is 0 Å². The molecule has 1 atom stereocenters. The highest BCUT2D eigenvalue weighted by atomic mass is 15.1. The molecule has 0 aromatic rings. The van der Waals surface area contributed by atoms with Gasteiger partial charge in [-0.1, -0.05) is 41.5 Å². The molecular formula is C11H25N. The summed E-state index contributed by atoms with van der Waals surface area (Å²) in [5, 5.41) is 0. The molecule has 0 rings (SSSR count). The predicted octanol–water partition coefficient (Wildman–Crippen LogP) is 3.01. The zero-order valence-corrected chi connectivity index (χ0v) is 9.81. The molecule has 0 bridgehead atoms. The highest BCUT2D eigenvalue weighted by molar-refractivity contribution is 4.83. The smallest absolute Gasteiger partial charge is 0.0164 e. The van der Waals surface area contributed by atoms with Crippen LogP contribution in [0.4, 0.5) is 0 Å². The Morgan fingerprint density at radius 3 is 1.67 bits per heavy atom. The second-order valence-corrected chi connectivity index (χ2v) is 5.13. The zero-order chi connectivity index (χ0) is 9.94. The molecule has 0 aliphatic heterocycles. The molecule has 0 aliphatic rings. The summed E-state index contributed by atoms with van der Waals surface area (Å²) >= 11 is 0. The Morgan fingerprint density at radius 1 is 1.17 bits per heavy atom. The predicted molar refractivity (Wildman–Crippen MR) is 56.4 cm³/mol. The first kappa shape index (κ1) is 12.0. The summed E-state index contributed by atoms with van der Waals surface area (Å²) < 4.78 is 0. The van der Waals surface area contributed by atoms with Crippen LogP contribution >= 0.6 is 0 Å². The van der Waals surface area contributed by atoms with Crippen LogP contribution in [0.5, 0.6) is 0 Å². The summed E-state index contributed by atoms with van der Waals surface area (Å²) in [6.45, 7) is 14.9. The summed E-state index contributed by atoms with van der Waals surface area (Å²) in [6, 6.07) is 0.683. The van der Waals surface area contributed by atoms with Gasteiger partial charge in [0.1, 0.15) is 0 Å². The normalized spacial score (nSPS) is 15.8. The van der Waals surface area contributed by atoms with Crippen LogP contribution in [0.2, 0.25) is 0 Å². The molecule has 0 saturated heterocycles. The number of hydrogen-bond acceptors (Lipinski definition) is 1. The Hall–Kier alpha value is -0.0400. The van der Waals surface area contributed by atoms with Crippen LogP contribution in [-0.4, -0.2) is 24.5 Å². The van der Waals surface area contributed by atoms with Crippen molar-refractivity contribution in [3.8, 4) is 0 Å². The molecule has 0 aromatic heterocycles. The monoisotopic (exact) mass is 171 g/mol. The molecule has 0 aliphatic carbocycles. The molecule has 0 amide bonds. The van der Waals surface area contributed by atoms with Crippen molar-refractivity contribution < 1.29 is 0 Å². The quantitative estimate of drug-likeness (QED) is 0.631. The average molecular weight is 171 g/mol. The van der Waals surface area contributed by atoms with E-state index in [1.54, 1.807) is 0 Å². The fraction of sp³-hybridized carbons (Fsp3) is 1.00. The van der Waals surface area contributed by atoms with Gasteiger partial charge in [0, 0.05) is 6.04 Å². The van der Waals surface area contributed by atoms with Gasteiger partial charge in [0.2, 0.25) is 0 Å². The maximum absolute atomic E-state index is 2.45. The van der Waals surface area contributed by atoms with Crippen molar-refractivity contribution in [2.75, 3.05) is 13.6 Å². The molecule has 74 valence electrons. The van der Waals surface area contributed by atoms with Gasteiger partial charge in [0.05, 0.1) is 0 Å². The van der Waals surface area contributed by atoms with E-state index in [0.29, 0.717) is 11.5 Å². The summed E-state index contributed by atoms with van der Waals surface area (Å²) in [7, 11) is 2.22. The molecule has 1 heteroatoms. The second-order valence-electron chi connectivity index (χ2n) is 5.13. The first-order valence-electron chi connectivity index (χ1n) is 5.01. The van der Waals surface area contributed by atoms with Crippen LogP contribution in [0, 0.1) is 11.3 Å². The topological polar surface area (TPSA) is 3.24 Å². The molecular weight excluding hydrogens is 146 g/mol. The van der Waals surface area contributed by atoms with E-state index < -0.39 is 0 Å². The largest absolute Gasteiger partial charge is 0.303 e. The van der Waals surface area contributed by atoms with Gasteiger partial charge in [-0.15, -0.1) is 0 Å². The van der Waals surface area contributed by atoms with Crippen LogP contribution in [0.15, 0.2) is 0 Å². The lowest BCUT2D eigenvalue weighted by Crippen LogP contribution is -2.45. The van der Waals surface area contributed by atoms with Crippen molar-refractivity contribution in [1.29, 1.82) is 0 Å². The Bertz CT molecular complexity index is 121. The molecule has 12 heavy (non-hydrogen) atoms. The van der Waals surface area contributed by atoms with E-state index in [1.807, 2.05) is 0 Å². The fourth-order valence-corrected chi connectivity index (χ4v) is 2.37. The number of hydrogen-bond donors (Lipinski definition) is 0. The van der Waals surface area contributed by atoms with Gasteiger partial charge in [0.15, 0.2) is 0 Å². The van der Waals surface area contributed by atoms with Crippen LogP contribution in [-0.2, 0) is 0 Å². The van der Waals surface area contributed by atoms with Gasteiger partial charge < -0.3 is 4.90 Å². The second kappa shape index (κ2) is 4.27. The van der Waals surface area contributed by atoms with E-state index in [2.05, 4.69) is 53.5 Å². The van der Waals surface area contributed by atoms with E-state index >= 15 is 0 Å². The van der Waals surface area contributed by atoms with Crippen LogP contribution in [0.1, 0.15) is 41.5 Å². The molecule has 1 nitrogen and oxygen atoms in total. The molecule has 0 N–H and O–H groups in total. The van der Waals surface area contributed by atoms with Crippen LogP contribution in [0.3, 0.4) is 0 Å². The molecule has 0 aromatic carbocycles. The maximum Gasteiger partial charge on any atom is 0.0164 e. The van der Waals surface area contributed by atoms with E-state index in [-0.39, 0.29) is 0 Å². The minimum atomic E-state index is 0.388. The molecule has 0 saturated carbocycles. The summed E-state index contributed by atoms with van der Waals surface area (Å²) in [5.74, 6) is 0.731. The van der Waals surface area contributed by atoms with Crippen molar-refractivity contribution in [2.24, 2.45) is 11.3 Å². The van der Waals surface area contributed by atoms with Crippen molar-refractivity contribution in [1.82, 2.24) is 4.90 Å². The molecule has 0 heterocycles. The van der Waals surface area contributed by atoms with E-state index in [0.717, 1.165) is 12.5 Å². The maximum atomic E-state index is 2.45. The number of rotatable bonds is 3. The highest BCUT2D eigenvalue weighted by Crippen LogP contribution is 2.28. The van der Waals surface area contributed by atoms with Gasteiger partial charge in [0.25, 0.3) is 0 Å². The zero-order valence-electron chi connectivity index (χ0n) is 9.81. The summed E-state index contributed by atoms with van der Waals surface area (Å²) in [5.41, 5.74) is 0.388. The van der Waals surface area contributed by atoms with Gasteiger partial charge in [-0.25, -0.2) is 0 Å². The first-order valence-corrected chi connectivity index (χ1v) is 5.01. The summed E-state index contributed by atoms with van der Waals surface area (Å²) in [6.07, 6.45) is 0. The lowest BCUT2D eigenvalue weighted by Gasteiger charge is -2.40. The lowest BCUT2D eigenvalue weighted by molar-refractivity contribution is 0.0902. The Kier molecular flexibility index (Phi) is 4.25. The van der Waals surface area contributed by atoms with E-state index in [9.17, 15) is 0 Å². The Balaban J connectivity index is 4.44. The standard InChI is InChI=1S/C11H25N/c1-8-12(7)10(9(2)3)11(4,5)6/h9-10H,8H2,1-7H3. The van der Waals surface area contributed by atoms with E-state index in [1.165, 1.54) is 0 Å². The number of nitrogens with zero attached hydrogens (tertiary/aromatic N) is 1. The van der Waals surface area contributed by atoms with Crippen molar-refractivity contribution in [3.63, 3.8) is 0 Å². The van der Waals surface area contributed by atoms with Gasteiger partial charge in [-0.05, 0) is 24.9 Å². The minimum absolute atomic E-state index is 0.388. The third kappa shape index (κ3) is 3.14. The lowest BCUT2D eigenvalue weighted by atomic mass is 9.79. The SMILES string of the molecule is CCN(C)C(C(C)C)C(C)(C)C. The van der Waals surface area contributed by atoms with Gasteiger partial charge in [-0.3, -0.25) is 0 Å². The third-order valence-corrected chi connectivity index (χ3v) is 2.49. The summed E-state index contributed by atoms with van der Waals surface area (Å²) in [4.78, 5) is 2.45. The highest BCUT2D eigenvalue weighted by Gasteiger charge is 2.29. The molecule has 0 spiro atoms. The van der Waals surface area contributed by atoms with Crippen molar-refractivity contribution >= 4 is 0 Å². The first-order chi connectivity index (χ1) is 5.30. The van der Waals surface area contributed by atoms with Crippen LogP contribution < -0.4 is 0 Å². The van der Waals surface area contributed by atoms with Gasteiger partial charge >= 0.3 is 0 Å². The van der Waals surface area contributed by atoms with Gasteiger partial charge in [-0.2, -0.15) is 0 Å². The average Bonchev–Trinajstić information content (AvgIpc) is 1.83. The van der Waals surface area contributed by atoms with E-state index in [4.69, 9.17) is 0 Å². The Labute approximate surface area is 78.1 Å². The molecule has 0 radical (unpaired) electrons. The third-order valence-electron chi connectivity index (χ3n) is 2.49.